The summed E-state index contributed by atoms with van der Waals surface area (Å²) < 4.78 is 0. The van der Waals surface area contributed by atoms with Crippen LogP contribution in [0, 0.1) is 0 Å². The van der Waals surface area contributed by atoms with Crippen molar-refractivity contribution in [1.29, 1.82) is 0 Å². The van der Waals surface area contributed by atoms with Gasteiger partial charge in [0, 0.05) is 30.6 Å². The van der Waals surface area contributed by atoms with Crippen LogP contribution in [0.15, 0.2) is 23.6 Å². The molecule has 2 rings (SSSR count). The molecule has 1 amide bonds. The van der Waals surface area contributed by atoms with Crippen molar-refractivity contribution in [3.05, 3.63) is 28.5 Å². The number of amides is 1. The summed E-state index contributed by atoms with van der Waals surface area (Å²) in [6.07, 6.45) is 3.57. The van der Waals surface area contributed by atoms with Gasteiger partial charge in [-0.3, -0.25) is 4.79 Å². The van der Waals surface area contributed by atoms with E-state index in [0.29, 0.717) is 0 Å². The van der Waals surface area contributed by atoms with Crippen molar-refractivity contribution in [2.75, 3.05) is 19.6 Å². The van der Waals surface area contributed by atoms with E-state index in [1.807, 2.05) is 28.5 Å². The van der Waals surface area contributed by atoms with Gasteiger partial charge in [0.15, 0.2) is 0 Å². The zero-order valence-electron chi connectivity index (χ0n) is 10.3. The van der Waals surface area contributed by atoms with E-state index in [9.17, 15) is 4.79 Å². The van der Waals surface area contributed by atoms with Crippen LogP contribution in [0.1, 0.15) is 18.7 Å². The number of carbonyl (C=O) groups is 1. The van der Waals surface area contributed by atoms with Gasteiger partial charge in [-0.2, -0.15) is 0 Å². The summed E-state index contributed by atoms with van der Waals surface area (Å²) >= 11 is 1.64. The Labute approximate surface area is 106 Å². The number of rotatable bonds is 2. The summed E-state index contributed by atoms with van der Waals surface area (Å²) in [4.78, 5) is 15.2. The number of piperazine rings is 1. The van der Waals surface area contributed by atoms with Gasteiger partial charge in [-0.1, -0.05) is 6.07 Å². The first-order valence-corrected chi connectivity index (χ1v) is 6.71. The van der Waals surface area contributed by atoms with Crippen LogP contribution in [0.5, 0.6) is 0 Å². The van der Waals surface area contributed by atoms with Gasteiger partial charge in [-0.05, 0) is 31.4 Å². The molecule has 0 radical (unpaired) electrons. The number of nitrogens with zero attached hydrogens (tertiary/aromatic N) is 1. The third-order valence-corrected chi connectivity index (χ3v) is 3.84. The minimum absolute atomic E-state index is 0.102. The first-order valence-electron chi connectivity index (χ1n) is 5.83. The lowest BCUT2D eigenvalue weighted by atomic mass is 10.00. The zero-order valence-corrected chi connectivity index (χ0v) is 11.1. The molecule has 4 heteroatoms. The second-order valence-electron chi connectivity index (χ2n) is 4.83. The number of hydrogen-bond acceptors (Lipinski definition) is 3. The molecule has 0 atom stereocenters. The van der Waals surface area contributed by atoms with Gasteiger partial charge in [0.25, 0.3) is 0 Å². The molecule has 1 aromatic rings. The van der Waals surface area contributed by atoms with Crippen LogP contribution in [-0.2, 0) is 4.79 Å². The highest BCUT2D eigenvalue weighted by molar-refractivity contribution is 7.10. The van der Waals surface area contributed by atoms with Gasteiger partial charge >= 0.3 is 0 Å². The molecule has 1 aliphatic rings. The van der Waals surface area contributed by atoms with E-state index in [1.165, 1.54) is 0 Å². The monoisotopic (exact) mass is 250 g/mol. The summed E-state index contributed by atoms with van der Waals surface area (Å²) in [5.74, 6) is 0.102. The Bertz CT molecular complexity index is 409. The summed E-state index contributed by atoms with van der Waals surface area (Å²) in [5, 5.41) is 5.33. The van der Waals surface area contributed by atoms with Crippen LogP contribution >= 0.6 is 11.3 Å². The third kappa shape index (κ3) is 2.96. The van der Waals surface area contributed by atoms with E-state index in [4.69, 9.17) is 0 Å². The fourth-order valence-electron chi connectivity index (χ4n) is 2.02. The van der Waals surface area contributed by atoms with E-state index < -0.39 is 0 Å². The van der Waals surface area contributed by atoms with Gasteiger partial charge < -0.3 is 10.2 Å². The van der Waals surface area contributed by atoms with Gasteiger partial charge in [-0.15, -0.1) is 11.3 Å². The molecule has 0 unspecified atom stereocenters. The molecular weight excluding hydrogens is 232 g/mol. The highest BCUT2D eigenvalue weighted by Gasteiger charge is 2.31. The lowest BCUT2D eigenvalue weighted by molar-refractivity contribution is -0.132. The molecule has 1 aliphatic heterocycles. The zero-order chi connectivity index (χ0) is 12.3. The van der Waals surface area contributed by atoms with E-state index >= 15 is 0 Å². The molecular formula is C13H18N2OS. The lowest BCUT2D eigenvalue weighted by Crippen LogP contribution is -2.59. The predicted molar refractivity (Wildman–Crippen MR) is 72.0 cm³/mol. The molecule has 0 saturated carbocycles. The maximum Gasteiger partial charge on any atom is 0.247 e. The Morgan fingerprint density at radius 1 is 1.59 bits per heavy atom. The number of hydrogen-bond donors (Lipinski definition) is 1. The van der Waals surface area contributed by atoms with E-state index in [2.05, 4.69) is 19.2 Å². The van der Waals surface area contributed by atoms with E-state index in [-0.39, 0.29) is 11.4 Å². The van der Waals surface area contributed by atoms with Crippen molar-refractivity contribution in [1.82, 2.24) is 10.2 Å². The molecule has 0 spiro atoms. The van der Waals surface area contributed by atoms with Crippen molar-refractivity contribution < 1.29 is 4.79 Å². The van der Waals surface area contributed by atoms with Crippen LogP contribution in [0.25, 0.3) is 6.08 Å². The fourth-order valence-corrected chi connectivity index (χ4v) is 2.64. The maximum absolute atomic E-state index is 12.1. The lowest BCUT2D eigenvalue weighted by Gasteiger charge is -2.42. The van der Waals surface area contributed by atoms with E-state index in [0.717, 1.165) is 24.5 Å². The Morgan fingerprint density at radius 2 is 2.41 bits per heavy atom. The summed E-state index contributed by atoms with van der Waals surface area (Å²) in [6.45, 7) is 6.69. The fraction of sp³-hybridized carbons (Fsp3) is 0.462. The minimum atomic E-state index is -0.102. The topological polar surface area (TPSA) is 32.3 Å². The van der Waals surface area contributed by atoms with Gasteiger partial charge in [-0.25, -0.2) is 0 Å². The standard InChI is InChI=1S/C13H18N2OS/c1-13(2)10-14-7-8-15(13)12(16)6-5-11-4-3-9-17-11/h3-6,9,14H,7-8,10H2,1-2H3. The molecule has 2 heterocycles. The molecule has 0 aliphatic carbocycles. The molecule has 17 heavy (non-hydrogen) atoms. The first kappa shape index (κ1) is 12.3. The Hall–Kier alpha value is -1.13. The second kappa shape index (κ2) is 5.02. The number of nitrogens with one attached hydrogen (secondary N) is 1. The quantitative estimate of drug-likeness (QED) is 0.814. The smallest absolute Gasteiger partial charge is 0.247 e. The first-order chi connectivity index (χ1) is 8.09. The Kier molecular flexibility index (Phi) is 3.64. The normalized spacial score (nSPS) is 19.8. The molecule has 1 fully saturated rings. The van der Waals surface area contributed by atoms with Crippen LogP contribution in [0.4, 0.5) is 0 Å². The largest absolute Gasteiger partial charge is 0.331 e. The molecule has 1 saturated heterocycles. The highest BCUT2D eigenvalue weighted by Crippen LogP contribution is 2.17. The molecule has 1 aromatic heterocycles. The third-order valence-electron chi connectivity index (χ3n) is 3.00. The SMILES string of the molecule is CC1(C)CNCCN1C(=O)C=Cc1cccs1. The van der Waals surface area contributed by atoms with Crippen molar-refractivity contribution in [2.45, 2.75) is 19.4 Å². The Balaban J connectivity index is 2.04. The molecule has 0 aromatic carbocycles. The number of carbonyl (C=O) groups excluding carboxylic acids is 1. The van der Waals surface area contributed by atoms with Crippen LogP contribution in [0.3, 0.4) is 0 Å². The van der Waals surface area contributed by atoms with Gasteiger partial charge in [0.1, 0.15) is 0 Å². The second-order valence-corrected chi connectivity index (χ2v) is 5.81. The molecule has 3 nitrogen and oxygen atoms in total. The minimum Gasteiger partial charge on any atom is -0.331 e. The molecule has 0 bridgehead atoms. The van der Waals surface area contributed by atoms with Crippen molar-refractivity contribution >= 4 is 23.3 Å². The van der Waals surface area contributed by atoms with Crippen LogP contribution in [-0.4, -0.2) is 36.0 Å². The summed E-state index contributed by atoms with van der Waals surface area (Å²) in [5.41, 5.74) is -0.102. The molecule has 1 N–H and O–H groups in total. The van der Waals surface area contributed by atoms with Gasteiger partial charge in [0.2, 0.25) is 5.91 Å². The molecule has 92 valence electrons. The highest BCUT2D eigenvalue weighted by atomic mass is 32.1. The summed E-state index contributed by atoms with van der Waals surface area (Å²) in [6, 6.07) is 4.00. The average Bonchev–Trinajstić information content (AvgIpc) is 2.78. The maximum atomic E-state index is 12.1. The van der Waals surface area contributed by atoms with Crippen LogP contribution < -0.4 is 5.32 Å². The number of thiophene rings is 1. The predicted octanol–water partition coefficient (Wildman–Crippen LogP) is 1.97. The van der Waals surface area contributed by atoms with E-state index in [1.54, 1.807) is 17.4 Å². The van der Waals surface area contributed by atoms with Gasteiger partial charge in [0.05, 0.1) is 5.54 Å². The van der Waals surface area contributed by atoms with Crippen molar-refractivity contribution in [2.24, 2.45) is 0 Å². The van der Waals surface area contributed by atoms with Crippen molar-refractivity contribution in [3.8, 4) is 0 Å². The van der Waals surface area contributed by atoms with Crippen molar-refractivity contribution in [3.63, 3.8) is 0 Å². The van der Waals surface area contributed by atoms with Crippen LogP contribution in [0.2, 0.25) is 0 Å². The summed E-state index contributed by atoms with van der Waals surface area (Å²) in [7, 11) is 0. The Morgan fingerprint density at radius 3 is 3.06 bits per heavy atom. The average molecular weight is 250 g/mol.